The Kier molecular flexibility index (Phi) is 7.71. The van der Waals surface area contributed by atoms with Gasteiger partial charge in [0.15, 0.2) is 0 Å². The Bertz CT molecular complexity index is 867. The second-order valence-electron chi connectivity index (χ2n) is 7.36. The van der Waals surface area contributed by atoms with E-state index in [9.17, 15) is 4.79 Å². The van der Waals surface area contributed by atoms with E-state index in [0.717, 1.165) is 36.9 Å². The molecular weight excluding hydrogens is 344 g/mol. The van der Waals surface area contributed by atoms with Gasteiger partial charge in [0.25, 0.3) is 0 Å². The van der Waals surface area contributed by atoms with Gasteiger partial charge in [0.1, 0.15) is 0 Å². The normalized spacial score (nSPS) is 11.0. The van der Waals surface area contributed by atoms with E-state index in [-0.39, 0.29) is 5.91 Å². The minimum atomic E-state index is 0.165. The van der Waals surface area contributed by atoms with E-state index >= 15 is 0 Å². The first kappa shape index (κ1) is 20.2. The Morgan fingerprint density at radius 2 is 1.61 bits per heavy atom. The van der Waals surface area contributed by atoms with E-state index in [1.165, 1.54) is 35.8 Å². The first-order valence-electron chi connectivity index (χ1n) is 10.5. The van der Waals surface area contributed by atoms with Crippen molar-refractivity contribution in [3.8, 4) is 11.3 Å². The number of benzene rings is 2. The zero-order valence-corrected chi connectivity index (χ0v) is 16.7. The van der Waals surface area contributed by atoms with Crippen LogP contribution in [0.25, 0.3) is 22.2 Å². The predicted octanol–water partition coefficient (Wildman–Crippen LogP) is 6.06. The van der Waals surface area contributed by atoms with Gasteiger partial charge in [-0.25, -0.2) is 0 Å². The van der Waals surface area contributed by atoms with Crippen LogP contribution in [0.15, 0.2) is 54.6 Å². The van der Waals surface area contributed by atoms with Gasteiger partial charge in [-0.05, 0) is 30.0 Å². The van der Waals surface area contributed by atoms with Gasteiger partial charge in [0, 0.05) is 29.6 Å². The summed E-state index contributed by atoms with van der Waals surface area (Å²) in [6, 6.07) is 18.8. The molecule has 0 bridgehead atoms. The summed E-state index contributed by atoms with van der Waals surface area (Å²) in [4.78, 5) is 15.7. The maximum absolute atomic E-state index is 12.1. The number of hydrogen-bond acceptors (Lipinski definition) is 1. The third-order valence-electron chi connectivity index (χ3n) is 5.23. The molecule has 1 amide bonds. The zero-order chi connectivity index (χ0) is 19.6. The number of H-pyrrole nitrogens is 1. The molecule has 0 aliphatic carbocycles. The second kappa shape index (κ2) is 10.7. The van der Waals surface area contributed by atoms with E-state index in [4.69, 9.17) is 0 Å². The van der Waals surface area contributed by atoms with Crippen molar-refractivity contribution in [2.45, 2.75) is 51.4 Å². The van der Waals surface area contributed by atoms with Crippen molar-refractivity contribution >= 4 is 16.8 Å². The van der Waals surface area contributed by atoms with Crippen molar-refractivity contribution in [2.24, 2.45) is 0 Å². The Hall–Kier alpha value is -2.55. The summed E-state index contributed by atoms with van der Waals surface area (Å²) >= 11 is 0. The molecule has 1 heterocycles. The molecule has 28 heavy (non-hydrogen) atoms. The lowest BCUT2D eigenvalue weighted by atomic mass is 10.0. The lowest BCUT2D eigenvalue weighted by Gasteiger charge is -2.08. The van der Waals surface area contributed by atoms with Crippen molar-refractivity contribution in [1.29, 1.82) is 0 Å². The monoisotopic (exact) mass is 375 g/mol. The highest BCUT2D eigenvalue weighted by molar-refractivity contribution is 5.90. The number of para-hydroxylation sites is 1. The summed E-state index contributed by atoms with van der Waals surface area (Å²) in [5, 5.41) is 4.34. The largest absolute Gasteiger partial charge is 0.356 e. The van der Waals surface area contributed by atoms with Crippen LogP contribution in [0.3, 0.4) is 0 Å². The Morgan fingerprint density at radius 3 is 2.43 bits per heavy atom. The molecule has 0 unspecified atom stereocenters. The van der Waals surface area contributed by atoms with Crippen molar-refractivity contribution < 1.29 is 4.79 Å². The average molecular weight is 376 g/mol. The maximum atomic E-state index is 12.1. The van der Waals surface area contributed by atoms with Crippen LogP contribution < -0.4 is 5.32 Å². The SMILES string of the molecule is [CH2]CCCCCCCC(=O)NCCc1c(-c2ccccc2)[nH]c2ccccc12. The topological polar surface area (TPSA) is 44.9 Å². The maximum Gasteiger partial charge on any atom is 0.220 e. The number of unbranched alkanes of at least 4 members (excludes halogenated alkanes) is 5. The minimum absolute atomic E-state index is 0.165. The van der Waals surface area contributed by atoms with Crippen LogP contribution in [0.5, 0.6) is 0 Å². The molecule has 0 saturated carbocycles. The highest BCUT2D eigenvalue weighted by Crippen LogP contribution is 2.30. The number of hydrogen-bond donors (Lipinski definition) is 2. The molecule has 0 spiro atoms. The summed E-state index contributed by atoms with van der Waals surface area (Å²) in [5.41, 5.74) is 4.75. The molecule has 3 nitrogen and oxygen atoms in total. The van der Waals surface area contributed by atoms with E-state index in [0.29, 0.717) is 13.0 Å². The van der Waals surface area contributed by atoms with Crippen molar-refractivity contribution in [3.63, 3.8) is 0 Å². The van der Waals surface area contributed by atoms with Gasteiger partial charge in [-0.15, -0.1) is 0 Å². The van der Waals surface area contributed by atoms with Gasteiger partial charge in [-0.2, -0.15) is 0 Å². The minimum Gasteiger partial charge on any atom is -0.356 e. The fourth-order valence-corrected chi connectivity index (χ4v) is 3.72. The summed E-state index contributed by atoms with van der Waals surface area (Å²) in [6.07, 6.45) is 8.21. The number of aromatic nitrogens is 1. The number of nitrogens with one attached hydrogen (secondary N) is 2. The van der Waals surface area contributed by atoms with Gasteiger partial charge >= 0.3 is 0 Å². The molecule has 1 radical (unpaired) electrons. The molecule has 3 rings (SSSR count). The summed E-state index contributed by atoms with van der Waals surface area (Å²) in [7, 11) is 0. The predicted molar refractivity (Wildman–Crippen MR) is 118 cm³/mol. The number of rotatable bonds is 11. The molecule has 1 aromatic heterocycles. The Balaban J connectivity index is 1.56. The molecule has 0 atom stereocenters. The lowest BCUT2D eigenvalue weighted by molar-refractivity contribution is -0.121. The van der Waals surface area contributed by atoms with E-state index in [1.807, 2.05) is 6.07 Å². The number of aromatic amines is 1. The van der Waals surface area contributed by atoms with Crippen molar-refractivity contribution in [3.05, 3.63) is 67.1 Å². The Labute approximate surface area is 168 Å². The third-order valence-corrected chi connectivity index (χ3v) is 5.23. The van der Waals surface area contributed by atoms with Gasteiger partial charge in [0.05, 0.1) is 0 Å². The standard InChI is InChI=1S/C25H31N2O/c1-2-3-4-5-6-10-17-24(28)26-19-18-22-21-15-11-12-16-23(21)27-25(22)20-13-8-7-9-14-20/h7-9,11-16,27H,1-6,10,17-19H2,(H,26,28). The summed E-state index contributed by atoms with van der Waals surface area (Å²) in [6.45, 7) is 4.53. The molecule has 0 aliphatic rings. The first-order valence-corrected chi connectivity index (χ1v) is 10.5. The zero-order valence-electron chi connectivity index (χ0n) is 16.7. The van der Waals surface area contributed by atoms with Crippen molar-refractivity contribution in [2.75, 3.05) is 6.54 Å². The molecule has 3 heteroatoms. The molecule has 3 aromatic rings. The number of carbonyl (C=O) groups excluding carboxylic acids is 1. The van der Waals surface area contributed by atoms with Crippen LogP contribution in [-0.2, 0) is 11.2 Å². The van der Waals surface area contributed by atoms with Crippen LogP contribution in [0.1, 0.15) is 50.5 Å². The highest BCUT2D eigenvalue weighted by Gasteiger charge is 2.13. The van der Waals surface area contributed by atoms with E-state index < -0.39 is 0 Å². The molecule has 147 valence electrons. The van der Waals surface area contributed by atoms with Gasteiger partial charge in [-0.3, -0.25) is 4.79 Å². The van der Waals surface area contributed by atoms with Crippen LogP contribution in [0, 0.1) is 6.92 Å². The molecule has 0 aliphatic heterocycles. The van der Waals surface area contributed by atoms with Crippen LogP contribution in [0.4, 0.5) is 0 Å². The van der Waals surface area contributed by atoms with Gasteiger partial charge < -0.3 is 10.3 Å². The summed E-state index contributed by atoms with van der Waals surface area (Å²) in [5.74, 6) is 0.165. The summed E-state index contributed by atoms with van der Waals surface area (Å²) < 4.78 is 0. The number of carbonyl (C=O) groups is 1. The third kappa shape index (κ3) is 5.48. The van der Waals surface area contributed by atoms with Gasteiger partial charge in [0.2, 0.25) is 5.91 Å². The molecule has 0 fully saturated rings. The molecular formula is C25H31N2O. The van der Waals surface area contributed by atoms with Crippen LogP contribution in [0.2, 0.25) is 0 Å². The average Bonchev–Trinajstić information content (AvgIpc) is 3.10. The smallest absolute Gasteiger partial charge is 0.220 e. The van der Waals surface area contributed by atoms with Gasteiger partial charge in [-0.1, -0.05) is 87.6 Å². The van der Waals surface area contributed by atoms with E-state index in [1.54, 1.807) is 0 Å². The van der Waals surface area contributed by atoms with Crippen LogP contribution >= 0.6 is 0 Å². The lowest BCUT2D eigenvalue weighted by Crippen LogP contribution is -2.25. The van der Waals surface area contributed by atoms with Crippen molar-refractivity contribution in [1.82, 2.24) is 10.3 Å². The Morgan fingerprint density at radius 1 is 0.893 bits per heavy atom. The fourth-order valence-electron chi connectivity index (χ4n) is 3.72. The number of fused-ring (bicyclic) bond motifs is 1. The molecule has 2 N–H and O–H groups in total. The molecule has 0 saturated heterocycles. The van der Waals surface area contributed by atoms with E-state index in [2.05, 4.69) is 65.8 Å². The highest BCUT2D eigenvalue weighted by atomic mass is 16.1. The first-order chi connectivity index (χ1) is 13.8. The molecule has 2 aromatic carbocycles. The quantitative estimate of drug-likeness (QED) is 0.393. The fraction of sp³-hybridized carbons (Fsp3) is 0.360. The second-order valence-corrected chi connectivity index (χ2v) is 7.36. The van der Waals surface area contributed by atoms with Crippen LogP contribution in [-0.4, -0.2) is 17.4 Å². The number of amides is 1.